The molecule has 0 aromatic carbocycles. The van der Waals surface area contributed by atoms with Gasteiger partial charge in [0.15, 0.2) is 0 Å². The van der Waals surface area contributed by atoms with Gasteiger partial charge in [0.25, 0.3) is 0 Å². The van der Waals surface area contributed by atoms with Crippen molar-refractivity contribution in [2.75, 3.05) is 32.7 Å². The van der Waals surface area contributed by atoms with E-state index in [0.717, 1.165) is 43.3 Å². The Morgan fingerprint density at radius 1 is 1.29 bits per heavy atom. The molecule has 2 atom stereocenters. The monoisotopic (exact) mass is 294 g/mol. The second kappa shape index (κ2) is 6.62. The van der Waals surface area contributed by atoms with Gasteiger partial charge in [0.05, 0.1) is 12.0 Å². The van der Waals surface area contributed by atoms with Gasteiger partial charge in [-0.3, -0.25) is 9.69 Å². The zero-order chi connectivity index (χ0) is 15.6. The normalized spacial score (nSPS) is 19.6. The van der Waals surface area contributed by atoms with Crippen LogP contribution in [0.25, 0.3) is 0 Å². The Labute approximate surface area is 126 Å². The molecule has 5 heteroatoms. The van der Waals surface area contributed by atoms with E-state index in [9.17, 15) is 9.90 Å². The number of β-amino-alcohol motifs (C(OH)–C–C–N with tert-alkyl or cyclic N) is 1. The second-order valence-corrected chi connectivity index (χ2v) is 6.07. The van der Waals surface area contributed by atoms with Crippen LogP contribution >= 0.6 is 0 Å². The molecular formula is C16H26N2O3. The molecule has 1 fully saturated rings. The molecule has 1 saturated heterocycles. The van der Waals surface area contributed by atoms with Crippen molar-refractivity contribution < 1.29 is 14.3 Å². The van der Waals surface area contributed by atoms with Gasteiger partial charge >= 0.3 is 0 Å². The molecule has 1 aromatic heterocycles. The molecule has 2 rings (SSSR count). The average molecular weight is 294 g/mol. The van der Waals surface area contributed by atoms with E-state index in [1.807, 2.05) is 31.7 Å². The zero-order valence-electron chi connectivity index (χ0n) is 13.4. The maximum atomic E-state index is 12.6. The van der Waals surface area contributed by atoms with Crippen LogP contribution in [0.2, 0.25) is 0 Å². The summed E-state index contributed by atoms with van der Waals surface area (Å²) in [7, 11) is 0. The Bertz CT molecular complexity index is 488. The number of carbonyl (C=O) groups excluding carboxylic acids is 1. The molecule has 2 unspecified atom stereocenters. The highest BCUT2D eigenvalue weighted by molar-refractivity contribution is 5.83. The van der Waals surface area contributed by atoms with E-state index in [1.54, 1.807) is 6.92 Å². The molecular weight excluding hydrogens is 268 g/mol. The Hall–Kier alpha value is -1.33. The SMILES string of the molecule is Cc1cc(C(C)C(=O)N2CCN(CC(C)O)CC2)c(C)o1. The molecule has 118 valence electrons. The summed E-state index contributed by atoms with van der Waals surface area (Å²) in [6.45, 7) is 11.3. The fourth-order valence-electron chi connectivity index (χ4n) is 3.01. The van der Waals surface area contributed by atoms with Gasteiger partial charge in [0.1, 0.15) is 11.5 Å². The summed E-state index contributed by atoms with van der Waals surface area (Å²) in [5, 5.41) is 9.42. The van der Waals surface area contributed by atoms with Crippen LogP contribution in [0.5, 0.6) is 0 Å². The van der Waals surface area contributed by atoms with E-state index in [4.69, 9.17) is 4.42 Å². The third-order valence-electron chi connectivity index (χ3n) is 4.12. The van der Waals surface area contributed by atoms with Gasteiger partial charge in [0.2, 0.25) is 5.91 Å². The lowest BCUT2D eigenvalue weighted by molar-refractivity contribution is -0.134. The molecule has 1 aromatic rings. The van der Waals surface area contributed by atoms with Crippen LogP contribution in [0.1, 0.15) is 36.8 Å². The summed E-state index contributed by atoms with van der Waals surface area (Å²) in [5.74, 6) is 1.69. The lowest BCUT2D eigenvalue weighted by Gasteiger charge is -2.36. The number of nitrogens with zero attached hydrogens (tertiary/aromatic N) is 2. The van der Waals surface area contributed by atoms with Crippen LogP contribution in [0, 0.1) is 13.8 Å². The lowest BCUT2D eigenvalue weighted by atomic mass is 9.99. The first-order chi connectivity index (χ1) is 9.88. The van der Waals surface area contributed by atoms with Crippen molar-refractivity contribution in [3.63, 3.8) is 0 Å². The Morgan fingerprint density at radius 2 is 1.90 bits per heavy atom. The van der Waals surface area contributed by atoms with Crippen LogP contribution < -0.4 is 0 Å². The van der Waals surface area contributed by atoms with Crippen molar-refractivity contribution >= 4 is 5.91 Å². The average Bonchev–Trinajstić information content (AvgIpc) is 2.76. The van der Waals surface area contributed by atoms with Gasteiger partial charge < -0.3 is 14.4 Å². The standard InChI is InChI=1S/C16H26N2O3/c1-11(19)10-17-5-7-18(8-6-17)16(20)13(3)15-9-12(2)21-14(15)4/h9,11,13,19H,5-8,10H2,1-4H3. The van der Waals surface area contributed by atoms with Crippen LogP contribution in [-0.4, -0.2) is 59.6 Å². The number of amides is 1. The predicted molar refractivity (Wildman–Crippen MR) is 81.3 cm³/mol. The molecule has 1 amide bonds. The minimum Gasteiger partial charge on any atom is -0.466 e. The summed E-state index contributed by atoms with van der Waals surface area (Å²) in [4.78, 5) is 16.7. The Morgan fingerprint density at radius 3 is 2.38 bits per heavy atom. The third kappa shape index (κ3) is 3.86. The Balaban J connectivity index is 1.94. The van der Waals surface area contributed by atoms with Gasteiger partial charge in [-0.15, -0.1) is 0 Å². The lowest BCUT2D eigenvalue weighted by Crippen LogP contribution is -2.51. The molecule has 0 bridgehead atoms. The van der Waals surface area contributed by atoms with Crippen LogP contribution in [0.3, 0.4) is 0 Å². The van der Waals surface area contributed by atoms with Gasteiger partial charge in [-0.2, -0.15) is 0 Å². The molecule has 0 saturated carbocycles. The third-order valence-corrected chi connectivity index (χ3v) is 4.12. The number of aliphatic hydroxyl groups is 1. The molecule has 1 N–H and O–H groups in total. The first kappa shape index (κ1) is 16.0. The molecule has 1 aliphatic rings. The molecule has 5 nitrogen and oxygen atoms in total. The number of aryl methyl sites for hydroxylation is 2. The largest absolute Gasteiger partial charge is 0.466 e. The van der Waals surface area contributed by atoms with Crippen LogP contribution in [-0.2, 0) is 4.79 Å². The van der Waals surface area contributed by atoms with E-state index in [1.165, 1.54) is 0 Å². The number of carbonyl (C=O) groups is 1. The number of rotatable bonds is 4. The number of furan rings is 1. The first-order valence-corrected chi connectivity index (χ1v) is 7.64. The minimum absolute atomic E-state index is 0.161. The van der Waals surface area contributed by atoms with Crippen molar-refractivity contribution in [2.24, 2.45) is 0 Å². The van der Waals surface area contributed by atoms with Crippen molar-refractivity contribution in [1.29, 1.82) is 0 Å². The van der Waals surface area contributed by atoms with Gasteiger partial charge in [-0.05, 0) is 33.8 Å². The van der Waals surface area contributed by atoms with Crippen molar-refractivity contribution in [3.8, 4) is 0 Å². The molecule has 0 aliphatic carbocycles. The topological polar surface area (TPSA) is 56.9 Å². The summed E-state index contributed by atoms with van der Waals surface area (Å²) in [5.41, 5.74) is 0.990. The van der Waals surface area contributed by atoms with Crippen molar-refractivity contribution in [3.05, 3.63) is 23.2 Å². The summed E-state index contributed by atoms with van der Waals surface area (Å²) in [6, 6.07) is 1.96. The van der Waals surface area contributed by atoms with Crippen LogP contribution in [0.4, 0.5) is 0 Å². The van der Waals surface area contributed by atoms with Crippen molar-refractivity contribution in [1.82, 2.24) is 9.80 Å². The highest BCUT2D eigenvalue weighted by Crippen LogP contribution is 2.25. The maximum absolute atomic E-state index is 12.6. The van der Waals surface area contributed by atoms with Crippen molar-refractivity contribution in [2.45, 2.75) is 39.7 Å². The second-order valence-electron chi connectivity index (χ2n) is 6.07. The summed E-state index contributed by atoms with van der Waals surface area (Å²) < 4.78 is 5.53. The fourth-order valence-corrected chi connectivity index (χ4v) is 3.01. The van der Waals surface area contributed by atoms with E-state index < -0.39 is 0 Å². The van der Waals surface area contributed by atoms with E-state index in [-0.39, 0.29) is 17.9 Å². The van der Waals surface area contributed by atoms with Crippen LogP contribution in [0.15, 0.2) is 10.5 Å². The highest BCUT2D eigenvalue weighted by Gasteiger charge is 2.27. The Kier molecular flexibility index (Phi) is 5.06. The predicted octanol–water partition coefficient (Wildman–Crippen LogP) is 1.52. The summed E-state index contributed by atoms with van der Waals surface area (Å²) >= 11 is 0. The number of piperazine rings is 1. The zero-order valence-corrected chi connectivity index (χ0v) is 13.4. The van der Waals surface area contributed by atoms with Gasteiger partial charge in [-0.25, -0.2) is 0 Å². The van der Waals surface area contributed by atoms with E-state index >= 15 is 0 Å². The smallest absolute Gasteiger partial charge is 0.230 e. The number of hydrogen-bond acceptors (Lipinski definition) is 4. The van der Waals surface area contributed by atoms with E-state index in [2.05, 4.69) is 4.90 Å². The van der Waals surface area contributed by atoms with Gasteiger partial charge in [0, 0.05) is 38.3 Å². The minimum atomic E-state index is -0.317. The first-order valence-electron chi connectivity index (χ1n) is 7.64. The number of aliphatic hydroxyl groups excluding tert-OH is 1. The maximum Gasteiger partial charge on any atom is 0.230 e. The van der Waals surface area contributed by atoms with E-state index in [0.29, 0.717) is 6.54 Å². The highest BCUT2D eigenvalue weighted by atomic mass is 16.3. The number of hydrogen-bond donors (Lipinski definition) is 1. The fraction of sp³-hybridized carbons (Fsp3) is 0.688. The molecule has 2 heterocycles. The van der Waals surface area contributed by atoms with Gasteiger partial charge in [-0.1, -0.05) is 0 Å². The molecule has 1 aliphatic heterocycles. The quantitative estimate of drug-likeness (QED) is 0.915. The molecule has 21 heavy (non-hydrogen) atoms. The summed E-state index contributed by atoms with van der Waals surface area (Å²) in [6.07, 6.45) is -0.317. The molecule has 0 radical (unpaired) electrons. The molecule has 0 spiro atoms.